The standard InChI is InChI=1S/C12H15F3N2O2/c1-8(16)2-7-11(18)17-9-3-5-10(6-4-9)19-12(13,14)15/h3-6,8H,2,7,16H2,1H3,(H,17,18). The zero-order valence-corrected chi connectivity index (χ0v) is 10.3. The van der Waals surface area contributed by atoms with Gasteiger partial charge >= 0.3 is 6.36 Å². The molecule has 0 radical (unpaired) electrons. The van der Waals surface area contributed by atoms with Crippen LogP contribution in [-0.2, 0) is 4.79 Å². The summed E-state index contributed by atoms with van der Waals surface area (Å²) in [5, 5.41) is 2.56. The molecule has 1 atom stereocenters. The number of amides is 1. The van der Waals surface area contributed by atoms with Crippen molar-refractivity contribution >= 4 is 11.6 Å². The van der Waals surface area contributed by atoms with E-state index in [1.165, 1.54) is 12.1 Å². The normalized spacial score (nSPS) is 12.9. The van der Waals surface area contributed by atoms with Gasteiger partial charge in [-0.15, -0.1) is 13.2 Å². The van der Waals surface area contributed by atoms with E-state index < -0.39 is 6.36 Å². The molecule has 106 valence electrons. The average Bonchev–Trinajstić information content (AvgIpc) is 2.27. The van der Waals surface area contributed by atoms with Crippen molar-refractivity contribution in [2.45, 2.75) is 32.2 Å². The lowest BCUT2D eigenvalue weighted by Crippen LogP contribution is -2.19. The summed E-state index contributed by atoms with van der Waals surface area (Å²) in [5.74, 6) is -0.567. The van der Waals surface area contributed by atoms with Crippen LogP contribution < -0.4 is 15.8 Å². The van der Waals surface area contributed by atoms with E-state index in [0.717, 1.165) is 12.1 Å². The summed E-state index contributed by atoms with van der Waals surface area (Å²) in [6.07, 6.45) is -3.92. The van der Waals surface area contributed by atoms with E-state index >= 15 is 0 Å². The summed E-state index contributed by atoms with van der Waals surface area (Å²) in [4.78, 5) is 11.5. The van der Waals surface area contributed by atoms with Crippen molar-refractivity contribution in [3.05, 3.63) is 24.3 Å². The number of rotatable bonds is 5. The van der Waals surface area contributed by atoms with Crippen LogP contribution in [0.4, 0.5) is 18.9 Å². The van der Waals surface area contributed by atoms with Gasteiger partial charge in [-0.1, -0.05) is 0 Å². The van der Waals surface area contributed by atoms with Crippen LogP contribution in [-0.4, -0.2) is 18.3 Å². The van der Waals surface area contributed by atoms with Gasteiger partial charge < -0.3 is 15.8 Å². The molecule has 3 N–H and O–H groups in total. The van der Waals surface area contributed by atoms with Crippen molar-refractivity contribution in [3.8, 4) is 5.75 Å². The van der Waals surface area contributed by atoms with Gasteiger partial charge in [0.05, 0.1) is 0 Å². The lowest BCUT2D eigenvalue weighted by molar-refractivity contribution is -0.274. The molecular weight excluding hydrogens is 261 g/mol. The van der Waals surface area contributed by atoms with Crippen molar-refractivity contribution in [1.29, 1.82) is 0 Å². The monoisotopic (exact) mass is 276 g/mol. The first-order valence-corrected chi connectivity index (χ1v) is 5.67. The SMILES string of the molecule is CC(N)CCC(=O)Nc1ccc(OC(F)(F)F)cc1. The summed E-state index contributed by atoms with van der Waals surface area (Å²) in [5.41, 5.74) is 5.92. The average molecular weight is 276 g/mol. The Bertz CT molecular complexity index is 416. The molecule has 0 spiro atoms. The third-order valence-corrected chi connectivity index (χ3v) is 2.20. The molecule has 7 heteroatoms. The van der Waals surface area contributed by atoms with E-state index in [9.17, 15) is 18.0 Å². The highest BCUT2D eigenvalue weighted by Crippen LogP contribution is 2.23. The predicted octanol–water partition coefficient (Wildman–Crippen LogP) is 2.65. The Hall–Kier alpha value is -1.76. The maximum atomic E-state index is 11.9. The Balaban J connectivity index is 2.50. The lowest BCUT2D eigenvalue weighted by atomic mass is 10.2. The highest BCUT2D eigenvalue weighted by Gasteiger charge is 2.30. The van der Waals surface area contributed by atoms with E-state index in [4.69, 9.17) is 5.73 Å². The number of halogens is 3. The maximum Gasteiger partial charge on any atom is 0.573 e. The highest BCUT2D eigenvalue weighted by atomic mass is 19.4. The summed E-state index contributed by atoms with van der Waals surface area (Å²) in [6, 6.07) is 4.87. The van der Waals surface area contributed by atoms with Crippen LogP contribution >= 0.6 is 0 Å². The molecule has 0 heterocycles. The Morgan fingerprint density at radius 1 is 1.37 bits per heavy atom. The fourth-order valence-corrected chi connectivity index (χ4v) is 1.32. The molecule has 0 aliphatic carbocycles. The molecule has 0 saturated carbocycles. The summed E-state index contributed by atoms with van der Waals surface area (Å²) in [6.45, 7) is 1.79. The summed E-state index contributed by atoms with van der Waals surface area (Å²) in [7, 11) is 0. The smallest absolute Gasteiger partial charge is 0.406 e. The Kier molecular flexibility index (Phi) is 5.17. The fraction of sp³-hybridized carbons (Fsp3) is 0.417. The van der Waals surface area contributed by atoms with Gasteiger partial charge in [0.25, 0.3) is 0 Å². The van der Waals surface area contributed by atoms with Crippen LogP contribution in [0.1, 0.15) is 19.8 Å². The van der Waals surface area contributed by atoms with Gasteiger partial charge in [0.1, 0.15) is 5.75 Å². The van der Waals surface area contributed by atoms with Crippen LogP contribution in [0.15, 0.2) is 24.3 Å². The summed E-state index contributed by atoms with van der Waals surface area (Å²) >= 11 is 0. The molecule has 1 unspecified atom stereocenters. The third-order valence-electron chi connectivity index (χ3n) is 2.20. The second-order valence-electron chi connectivity index (χ2n) is 4.14. The van der Waals surface area contributed by atoms with Gasteiger partial charge in [0, 0.05) is 18.2 Å². The van der Waals surface area contributed by atoms with Crippen molar-refractivity contribution in [1.82, 2.24) is 0 Å². The van der Waals surface area contributed by atoms with Crippen LogP contribution in [0.3, 0.4) is 0 Å². The van der Waals surface area contributed by atoms with E-state index in [-0.39, 0.29) is 24.1 Å². The van der Waals surface area contributed by atoms with Crippen LogP contribution in [0.25, 0.3) is 0 Å². The number of hydrogen-bond acceptors (Lipinski definition) is 3. The minimum atomic E-state index is -4.72. The number of hydrogen-bond donors (Lipinski definition) is 2. The van der Waals surface area contributed by atoms with Crippen LogP contribution in [0, 0.1) is 0 Å². The Morgan fingerprint density at radius 2 is 1.95 bits per heavy atom. The molecular formula is C12H15F3N2O2. The van der Waals surface area contributed by atoms with E-state index in [2.05, 4.69) is 10.1 Å². The molecule has 0 fully saturated rings. The predicted molar refractivity (Wildman–Crippen MR) is 64.6 cm³/mol. The minimum absolute atomic E-state index is 0.0756. The number of nitrogens with two attached hydrogens (primary N) is 1. The number of anilines is 1. The maximum absolute atomic E-state index is 11.9. The number of benzene rings is 1. The fourth-order valence-electron chi connectivity index (χ4n) is 1.32. The lowest BCUT2D eigenvalue weighted by Gasteiger charge is -2.10. The number of carbonyl (C=O) groups is 1. The second kappa shape index (κ2) is 6.42. The van der Waals surface area contributed by atoms with E-state index in [1.54, 1.807) is 6.92 Å². The molecule has 1 rings (SSSR count). The third kappa shape index (κ3) is 6.66. The molecule has 1 aromatic carbocycles. The Morgan fingerprint density at radius 3 is 2.42 bits per heavy atom. The van der Waals surface area contributed by atoms with Crippen molar-refractivity contribution in [3.63, 3.8) is 0 Å². The van der Waals surface area contributed by atoms with Crippen molar-refractivity contribution in [2.24, 2.45) is 5.73 Å². The molecule has 1 aromatic rings. The Labute approximate surface area is 108 Å². The summed E-state index contributed by atoms with van der Waals surface area (Å²) < 4.78 is 39.5. The molecule has 0 aliphatic heterocycles. The van der Waals surface area contributed by atoms with Gasteiger partial charge in [-0.25, -0.2) is 0 Å². The molecule has 19 heavy (non-hydrogen) atoms. The zero-order valence-electron chi connectivity index (χ0n) is 10.3. The van der Waals surface area contributed by atoms with Gasteiger partial charge in [0.15, 0.2) is 0 Å². The molecule has 1 amide bonds. The molecule has 0 aromatic heterocycles. The van der Waals surface area contributed by atoms with Crippen LogP contribution in [0.5, 0.6) is 5.75 Å². The topological polar surface area (TPSA) is 64.4 Å². The van der Waals surface area contributed by atoms with E-state index in [1.807, 2.05) is 0 Å². The number of carbonyl (C=O) groups excluding carboxylic acids is 1. The quantitative estimate of drug-likeness (QED) is 0.869. The number of alkyl halides is 3. The second-order valence-corrected chi connectivity index (χ2v) is 4.14. The van der Waals surface area contributed by atoms with Gasteiger partial charge in [-0.05, 0) is 37.6 Å². The first-order chi connectivity index (χ1) is 8.76. The van der Waals surface area contributed by atoms with Crippen molar-refractivity contribution < 1.29 is 22.7 Å². The first kappa shape index (κ1) is 15.3. The zero-order chi connectivity index (χ0) is 14.5. The molecule has 0 bridgehead atoms. The van der Waals surface area contributed by atoms with E-state index in [0.29, 0.717) is 12.1 Å². The molecule has 0 saturated heterocycles. The minimum Gasteiger partial charge on any atom is -0.406 e. The van der Waals surface area contributed by atoms with Gasteiger partial charge in [0.2, 0.25) is 5.91 Å². The number of nitrogens with one attached hydrogen (secondary N) is 1. The molecule has 0 aliphatic rings. The molecule has 4 nitrogen and oxygen atoms in total. The number of ether oxygens (including phenoxy) is 1. The van der Waals surface area contributed by atoms with Crippen molar-refractivity contribution in [2.75, 3.05) is 5.32 Å². The van der Waals surface area contributed by atoms with Crippen LogP contribution in [0.2, 0.25) is 0 Å². The van der Waals surface area contributed by atoms with Gasteiger partial charge in [-0.2, -0.15) is 0 Å². The largest absolute Gasteiger partial charge is 0.573 e. The highest BCUT2D eigenvalue weighted by molar-refractivity contribution is 5.90. The van der Waals surface area contributed by atoms with Gasteiger partial charge in [-0.3, -0.25) is 4.79 Å². The first-order valence-electron chi connectivity index (χ1n) is 5.67.